The molecule has 1 unspecified atom stereocenters. The SMILES string of the molecule is COC(=O)C1CCCCN1c1cc(C)nc2ncnn12. The van der Waals surface area contributed by atoms with E-state index in [1.807, 2.05) is 17.9 Å². The molecular formula is C13H17N5O2. The number of fused-ring (bicyclic) bond motifs is 1. The number of methoxy groups -OCH3 is 1. The van der Waals surface area contributed by atoms with Gasteiger partial charge in [0.25, 0.3) is 5.78 Å². The summed E-state index contributed by atoms with van der Waals surface area (Å²) < 4.78 is 6.60. The number of esters is 1. The van der Waals surface area contributed by atoms with E-state index < -0.39 is 0 Å². The van der Waals surface area contributed by atoms with E-state index in [-0.39, 0.29) is 12.0 Å². The molecule has 0 radical (unpaired) electrons. The van der Waals surface area contributed by atoms with Crippen molar-refractivity contribution in [2.75, 3.05) is 18.6 Å². The third-order valence-electron chi connectivity index (χ3n) is 3.63. The Morgan fingerprint density at radius 2 is 2.30 bits per heavy atom. The Labute approximate surface area is 116 Å². The van der Waals surface area contributed by atoms with Gasteiger partial charge in [0.05, 0.1) is 7.11 Å². The molecule has 0 aromatic carbocycles. The first-order chi connectivity index (χ1) is 9.70. The summed E-state index contributed by atoms with van der Waals surface area (Å²) >= 11 is 0. The molecule has 0 amide bonds. The summed E-state index contributed by atoms with van der Waals surface area (Å²) in [5, 5.41) is 4.20. The molecule has 0 bridgehead atoms. The lowest BCUT2D eigenvalue weighted by Crippen LogP contribution is -2.46. The molecule has 2 aromatic heterocycles. The maximum absolute atomic E-state index is 12.0. The summed E-state index contributed by atoms with van der Waals surface area (Å²) in [7, 11) is 1.43. The smallest absolute Gasteiger partial charge is 0.328 e. The molecule has 20 heavy (non-hydrogen) atoms. The topological polar surface area (TPSA) is 72.6 Å². The minimum absolute atomic E-state index is 0.201. The lowest BCUT2D eigenvalue weighted by atomic mass is 10.0. The fourth-order valence-electron chi connectivity index (χ4n) is 2.70. The van der Waals surface area contributed by atoms with Crippen molar-refractivity contribution in [3.05, 3.63) is 18.1 Å². The van der Waals surface area contributed by atoms with Gasteiger partial charge in [-0.05, 0) is 26.2 Å². The van der Waals surface area contributed by atoms with E-state index >= 15 is 0 Å². The van der Waals surface area contributed by atoms with Crippen LogP contribution in [0.15, 0.2) is 12.4 Å². The van der Waals surface area contributed by atoms with E-state index in [4.69, 9.17) is 4.74 Å². The number of hydrogen-bond donors (Lipinski definition) is 0. The molecule has 0 N–H and O–H groups in total. The molecule has 1 aliphatic heterocycles. The van der Waals surface area contributed by atoms with Crippen molar-refractivity contribution >= 4 is 17.6 Å². The van der Waals surface area contributed by atoms with E-state index in [9.17, 15) is 4.79 Å². The Kier molecular flexibility index (Phi) is 3.25. The van der Waals surface area contributed by atoms with Gasteiger partial charge in [-0.3, -0.25) is 0 Å². The van der Waals surface area contributed by atoms with Gasteiger partial charge < -0.3 is 9.64 Å². The lowest BCUT2D eigenvalue weighted by Gasteiger charge is -2.35. The van der Waals surface area contributed by atoms with Crippen molar-refractivity contribution < 1.29 is 9.53 Å². The molecule has 2 aromatic rings. The second-order valence-electron chi connectivity index (χ2n) is 4.96. The van der Waals surface area contributed by atoms with E-state index in [0.29, 0.717) is 5.78 Å². The average molecular weight is 275 g/mol. The van der Waals surface area contributed by atoms with Gasteiger partial charge in [-0.25, -0.2) is 9.78 Å². The van der Waals surface area contributed by atoms with Crippen LogP contribution in [-0.4, -0.2) is 45.2 Å². The Morgan fingerprint density at radius 3 is 3.10 bits per heavy atom. The molecule has 1 aliphatic rings. The minimum atomic E-state index is -0.261. The Hall–Kier alpha value is -2.18. The maximum atomic E-state index is 12.0. The third kappa shape index (κ3) is 2.09. The summed E-state index contributed by atoms with van der Waals surface area (Å²) in [6.45, 7) is 2.72. The normalized spacial score (nSPS) is 19.3. The Balaban J connectivity index is 2.07. The van der Waals surface area contributed by atoms with Crippen LogP contribution in [0.2, 0.25) is 0 Å². The first-order valence-corrected chi connectivity index (χ1v) is 6.72. The molecular weight excluding hydrogens is 258 g/mol. The van der Waals surface area contributed by atoms with Crippen LogP contribution in [-0.2, 0) is 9.53 Å². The van der Waals surface area contributed by atoms with Crippen LogP contribution >= 0.6 is 0 Å². The maximum Gasteiger partial charge on any atom is 0.328 e. The Bertz CT molecular complexity index is 639. The first-order valence-electron chi connectivity index (χ1n) is 6.72. The van der Waals surface area contributed by atoms with Crippen molar-refractivity contribution in [3.63, 3.8) is 0 Å². The van der Waals surface area contributed by atoms with Crippen molar-refractivity contribution in [2.45, 2.75) is 32.2 Å². The Morgan fingerprint density at radius 1 is 1.45 bits per heavy atom. The summed E-state index contributed by atoms with van der Waals surface area (Å²) in [6, 6.07) is 1.67. The molecule has 1 saturated heterocycles. The summed E-state index contributed by atoms with van der Waals surface area (Å²) in [5.74, 6) is 1.20. The number of anilines is 1. The zero-order chi connectivity index (χ0) is 14.1. The highest BCUT2D eigenvalue weighted by Crippen LogP contribution is 2.25. The number of rotatable bonds is 2. The van der Waals surface area contributed by atoms with Crippen LogP contribution in [0.25, 0.3) is 5.78 Å². The van der Waals surface area contributed by atoms with E-state index in [1.165, 1.54) is 13.4 Å². The number of nitrogens with zero attached hydrogens (tertiary/aromatic N) is 5. The number of piperidine rings is 1. The van der Waals surface area contributed by atoms with Gasteiger partial charge in [-0.2, -0.15) is 14.6 Å². The fraction of sp³-hybridized carbons (Fsp3) is 0.538. The van der Waals surface area contributed by atoms with Crippen LogP contribution < -0.4 is 4.90 Å². The van der Waals surface area contributed by atoms with Gasteiger partial charge >= 0.3 is 5.97 Å². The van der Waals surface area contributed by atoms with Crippen LogP contribution in [0.1, 0.15) is 25.0 Å². The molecule has 7 nitrogen and oxygen atoms in total. The minimum Gasteiger partial charge on any atom is -0.467 e. The average Bonchev–Trinajstić information content (AvgIpc) is 2.93. The molecule has 3 rings (SSSR count). The van der Waals surface area contributed by atoms with Crippen molar-refractivity contribution in [3.8, 4) is 0 Å². The molecule has 1 atom stereocenters. The second-order valence-corrected chi connectivity index (χ2v) is 4.96. The van der Waals surface area contributed by atoms with Crippen molar-refractivity contribution in [2.24, 2.45) is 0 Å². The number of aromatic nitrogens is 4. The highest BCUT2D eigenvalue weighted by Gasteiger charge is 2.31. The highest BCUT2D eigenvalue weighted by atomic mass is 16.5. The van der Waals surface area contributed by atoms with Crippen LogP contribution in [0.3, 0.4) is 0 Å². The van der Waals surface area contributed by atoms with Crippen LogP contribution in [0.5, 0.6) is 0 Å². The van der Waals surface area contributed by atoms with Gasteiger partial charge in [0, 0.05) is 18.3 Å². The van der Waals surface area contributed by atoms with Gasteiger partial charge in [-0.1, -0.05) is 0 Å². The number of ether oxygens (including phenoxy) is 1. The predicted molar refractivity (Wildman–Crippen MR) is 72.5 cm³/mol. The number of aryl methyl sites for hydroxylation is 1. The molecule has 1 fully saturated rings. The fourth-order valence-corrected chi connectivity index (χ4v) is 2.70. The molecule has 3 heterocycles. The van der Waals surface area contributed by atoms with Gasteiger partial charge in [0.2, 0.25) is 0 Å². The van der Waals surface area contributed by atoms with E-state index in [0.717, 1.165) is 37.3 Å². The lowest BCUT2D eigenvalue weighted by molar-refractivity contribution is -0.142. The molecule has 0 aliphatic carbocycles. The first kappa shape index (κ1) is 12.8. The number of hydrogen-bond acceptors (Lipinski definition) is 6. The molecule has 0 saturated carbocycles. The molecule has 106 valence electrons. The van der Waals surface area contributed by atoms with Crippen molar-refractivity contribution in [1.82, 2.24) is 19.6 Å². The van der Waals surface area contributed by atoms with Gasteiger partial charge in [0.15, 0.2) is 0 Å². The number of carbonyl (C=O) groups excluding carboxylic acids is 1. The van der Waals surface area contributed by atoms with Crippen LogP contribution in [0.4, 0.5) is 5.82 Å². The monoisotopic (exact) mass is 275 g/mol. The summed E-state index contributed by atoms with van der Waals surface area (Å²) in [5.41, 5.74) is 0.856. The van der Waals surface area contributed by atoms with Crippen LogP contribution in [0, 0.1) is 6.92 Å². The summed E-state index contributed by atoms with van der Waals surface area (Å²) in [6.07, 6.45) is 4.35. The van der Waals surface area contributed by atoms with Crippen molar-refractivity contribution in [1.29, 1.82) is 0 Å². The quantitative estimate of drug-likeness (QED) is 0.760. The molecule has 0 spiro atoms. The zero-order valence-electron chi connectivity index (χ0n) is 11.6. The largest absolute Gasteiger partial charge is 0.467 e. The predicted octanol–water partition coefficient (Wildman–Crippen LogP) is 0.965. The number of carbonyl (C=O) groups is 1. The standard InChI is InChI=1S/C13H17N5O2/c1-9-7-11(18-13(16-9)14-8-15-18)17-6-4-3-5-10(17)12(19)20-2/h7-8,10H,3-6H2,1-2H3. The third-order valence-corrected chi connectivity index (χ3v) is 3.63. The zero-order valence-corrected chi connectivity index (χ0v) is 11.6. The van der Waals surface area contributed by atoms with Gasteiger partial charge in [0.1, 0.15) is 18.2 Å². The molecule has 7 heteroatoms. The van der Waals surface area contributed by atoms with E-state index in [1.54, 1.807) is 4.52 Å². The van der Waals surface area contributed by atoms with Gasteiger partial charge in [-0.15, -0.1) is 0 Å². The highest BCUT2D eigenvalue weighted by molar-refractivity contribution is 5.80. The summed E-state index contributed by atoms with van der Waals surface area (Å²) in [4.78, 5) is 22.5. The van der Waals surface area contributed by atoms with E-state index in [2.05, 4.69) is 15.1 Å². The second kappa shape index (κ2) is 5.07.